The molecule has 122 valence electrons. The number of anilines is 1. The third-order valence-corrected chi connectivity index (χ3v) is 3.83. The fourth-order valence-corrected chi connectivity index (χ4v) is 2.49. The summed E-state index contributed by atoms with van der Waals surface area (Å²) in [6.07, 6.45) is 3.43. The zero-order valence-electron chi connectivity index (χ0n) is 13.2. The van der Waals surface area contributed by atoms with E-state index < -0.39 is 5.97 Å². The van der Waals surface area contributed by atoms with Crippen LogP contribution in [0.15, 0.2) is 42.7 Å². The molecule has 0 radical (unpaired) electrons. The van der Waals surface area contributed by atoms with Crippen molar-refractivity contribution in [3.05, 3.63) is 53.3 Å². The second-order valence-corrected chi connectivity index (χ2v) is 5.65. The maximum absolute atomic E-state index is 12.1. The molecule has 24 heavy (non-hydrogen) atoms. The van der Waals surface area contributed by atoms with Gasteiger partial charge in [-0.05, 0) is 18.2 Å². The molecule has 0 aliphatic heterocycles. The zero-order valence-corrected chi connectivity index (χ0v) is 13.9. The van der Waals surface area contributed by atoms with E-state index in [1.807, 2.05) is 12.1 Å². The van der Waals surface area contributed by atoms with E-state index >= 15 is 0 Å². The van der Waals surface area contributed by atoms with Crippen LogP contribution in [0.25, 0.3) is 22.5 Å². The van der Waals surface area contributed by atoms with Crippen LogP contribution in [0.2, 0.25) is 5.02 Å². The van der Waals surface area contributed by atoms with Gasteiger partial charge in [0.05, 0.1) is 35.9 Å². The normalized spacial score (nSPS) is 10.6. The standard InChI is InChI=1S/C17H15ClN4O2/c1-22-9-11(8-20-22)16-15(19)13(17(23)24-2)7-14(21-16)10-3-5-12(18)6-4-10/h3-9H,19H2,1-2H3. The van der Waals surface area contributed by atoms with Crippen LogP contribution < -0.4 is 5.73 Å². The highest BCUT2D eigenvalue weighted by Crippen LogP contribution is 2.31. The van der Waals surface area contributed by atoms with Gasteiger partial charge in [-0.1, -0.05) is 23.7 Å². The zero-order chi connectivity index (χ0) is 17.3. The van der Waals surface area contributed by atoms with E-state index in [-0.39, 0.29) is 11.3 Å². The fourth-order valence-electron chi connectivity index (χ4n) is 2.37. The summed E-state index contributed by atoms with van der Waals surface area (Å²) in [5, 5.41) is 4.75. The number of methoxy groups -OCH3 is 1. The third kappa shape index (κ3) is 2.96. The van der Waals surface area contributed by atoms with Gasteiger partial charge in [-0.15, -0.1) is 0 Å². The molecule has 1 aromatic carbocycles. The van der Waals surface area contributed by atoms with Crippen LogP contribution in [0.4, 0.5) is 5.69 Å². The molecule has 7 heteroatoms. The number of ether oxygens (including phenoxy) is 1. The minimum Gasteiger partial charge on any atom is -0.465 e. The number of aromatic nitrogens is 3. The van der Waals surface area contributed by atoms with E-state index in [4.69, 9.17) is 22.1 Å². The van der Waals surface area contributed by atoms with Crippen LogP contribution in [0.5, 0.6) is 0 Å². The largest absolute Gasteiger partial charge is 0.465 e. The molecule has 6 nitrogen and oxygen atoms in total. The highest BCUT2D eigenvalue weighted by molar-refractivity contribution is 6.30. The number of rotatable bonds is 3. The van der Waals surface area contributed by atoms with Gasteiger partial charge in [-0.3, -0.25) is 4.68 Å². The van der Waals surface area contributed by atoms with E-state index in [0.717, 1.165) is 11.1 Å². The molecule has 0 spiro atoms. The molecule has 3 aromatic rings. The summed E-state index contributed by atoms with van der Waals surface area (Å²) in [7, 11) is 3.11. The Kier molecular flexibility index (Phi) is 4.22. The van der Waals surface area contributed by atoms with Crippen molar-refractivity contribution in [1.29, 1.82) is 0 Å². The number of pyridine rings is 1. The van der Waals surface area contributed by atoms with Crippen LogP contribution in [0, 0.1) is 0 Å². The second-order valence-electron chi connectivity index (χ2n) is 5.22. The van der Waals surface area contributed by atoms with Gasteiger partial charge in [0.1, 0.15) is 0 Å². The first-order chi connectivity index (χ1) is 11.5. The minimum absolute atomic E-state index is 0.257. The lowest BCUT2D eigenvalue weighted by Gasteiger charge is -2.11. The van der Waals surface area contributed by atoms with Crippen molar-refractivity contribution in [2.75, 3.05) is 12.8 Å². The Hall–Kier alpha value is -2.86. The highest BCUT2D eigenvalue weighted by atomic mass is 35.5. The number of carbonyl (C=O) groups is 1. The molecule has 0 fully saturated rings. The average Bonchev–Trinajstić information content (AvgIpc) is 3.01. The number of benzene rings is 1. The van der Waals surface area contributed by atoms with Gasteiger partial charge in [-0.25, -0.2) is 9.78 Å². The lowest BCUT2D eigenvalue weighted by atomic mass is 10.0. The van der Waals surface area contributed by atoms with Crippen molar-refractivity contribution in [3.63, 3.8) is 0 Å². The first kappa shape index (κ1) is 16.0. The van der Waals surface area contributed by atoms with E-state index in [1.165, 1.54) is 7.11 Å². The molecule has 2 heterocycles. The predicted molar refractivity (Wildman–Crippen MR) is 92.6 cm³/mol. The first-order valence-corrected chi connectivity index (χ1v) is 7.51. The summed E-state index contributed by atoms with van der Waals surface area (Å²) in [6.45, 7) is 0. The number of nitrogens with zero attached hydrogens (tertiary/aromatic N) is 3. The molecule has 0 amide bonds. The maximum atomic E-state index is 12.1. The van der Waals surface area contributed by atoms with Crippen molar-refractivity contribution >= 4 is 23.3 Å². The number of esters is 1. The molecule has 0 saturated heterocycles. The number of halogens is 1. The molecule has 2 N–H and O–H groups in total. The minimum atomic E-state index is -0.518. The molecule has 3 rings (SSSR count). The number of nitrogen functional groups attached to an aromatic ring is 1. The average molecular weight is 343 g/mol. The lowest BCUT2D eigenvalue weighted by Crippen LogP contribution is -2.09. The monoisotopic (exact) mass is 342 g/mol. The molecule has 0 atom stereocenters. The smallest absolute Gasteiger partial charge is 0.340 e. The second kappa shape index (κ2) is 6.33. The van der Waals surface area contributed by atoms with E-state index in [2.05, 4.69) is 10.1 Å². The van der Waals surface area contributed by atoms with E-state index in [1.54, 1.807) is 42.3 Å². The van der Waals surface area contributed by atoms with Crippen molar-refractivity contribution < 1.29 is 9.53 Å². The van der Waals surface area contributed by atoms with E-state index in [0.29, 0.717) is 16.4 Å². The van der Waals surface area contributed by atoms with Gasteiger partial charge in [0, 0.05) is 29.4 Å². The van der Waals surface area contributed by atoms with Crippen molar-refractivity contribution in [2.24, 2.45) is 7.05 Å². The van der Waals surface area contributed by atoms with Gasteiger partial charge < -0.3 is 10.5 Å². The maximum Gasteiger partial charge on any atom is 0.340 e. The number of aryl methyl sites for hydroxylation is 1. The number of carbonyl (C=O) groups excluding carboxylic acids is 1. The van der Waals surface area contributed by atoms with Crippen molar-refractivity contribution in [3.8, 4) is 22.5 Å². The van der Waals surface area contributed by atoms with E-state index in [9.17, 15) is 4.79 Å². The highest BCUT2D eigenvalue weighted by Gasteiger charge is 2.19. The molecule has 0 aliphatic carbocycles. The van der Waals surface area contributed by atoms with Crippen molar-refractivity contribution in [1.82, 2.24) is 14.8 Å². The van der Waals surface area contributed by atoms with Crippen LogP contribution in [-0.2, 0) is 11.8 Å². The van der Waals surface area contributed by atoms with Gasteiger partial charge in [0.2, 0.25) is 0 Å². The summed E-state index contributed by atoms with van der Waals surface area (Å²) in [5.41, 5.74) is 9.28. The van der Waals surface area contributed by atoms with Gasteiger partial charge in [0.15, 0.2) is 0 Å². The number of nitrogens with two attached hydrogens (primary N) is 1. The topological polar surface area (TPSA) is 83.0 Å². The van der Waals surface area contributed by atoms with Crippen LogP contribution in [0.1, 0.15) is 10.4 Å². The Labute approximate surface area is 143 Å². The number of hydrogen-bond acceptors (Lipinski definition) is 5. The number of hydrogen-bond donors (Lipinski definition) is 1. The van der Waals surface area contributed by atoms with Crippen molar-refractivity contribution in [2.45, 2.75) is 0 Å². The van der Waals surface area contributed by atoms with Gasteiger partial charge in [-0.2, -0.15) is 5.10 Å². The van der Waals surface area contributed by atoms with Gasteiger partial charge >= 0.3 is 5.97 Å². The first-order valence-electron chi connectivity index (χ1n) is 7.13. The molecule has 0 bridgehead atoms. The summed E-state index contributed by atoms with van der Waals surface area (Å²) in [6, 6.07) is 8.79. The third-order valence-electron chi connectivity index (χ3n) is 3.58. The Morgan fingerprint density at radius 3 is 2.54 bits per heavy atom. The summed E-state index contributed by atoms with van der Waals surface area (Å²) in [5.74, 6) is -0.518. The summed E-state index contributed by atoms with van der Waals surface area (Å²) < 4.78 is 6.48. The van der Waals surface area contributed by atoms with Crippen LogP contribution in [0.3, 0.4) is 0 Å². The molecule has 2 aromatic heterocycles. The van der Waals surface area contributed by atoms with Gasteiger partial charge in [0.25, 0.3) is 0 Å². The molecule has 0 saturated carbocycles. The fraction of sp³-hybridized carbons (Fsp3) is 0.118. The van der Waals surface area contributed by atoms with Crippen LogP contribution in [-0.4, -0.2) is 27.8 Å². The predicted octanol–water partition coefficient (Wildman–Crippen LogP) is 3.17. The molecule has 0 unspecified atom stereocenters. The Morgan fingerprint density at radius 1 is 1.25 bits per heavy atom. The Morgan fingerprint density at radius 2 is 1.96 bits per heavy atom. The Bertz CT molecular complexity index is 903. The quantitative estimate of drug-likeness (QED) is 0.739. The Balaban J connectivity index is 2.23. The molecular weight excluding hydrogens is 328 g/mol. The molecule has 0 aliphatic rings. The SMILES string of the molecule is COC(=O)c1cc(-c2ccc(Cl)cc2)nc(-c2cnn(C)c2)c1N. The summed E-state index contributed by atoms with van der Waals surface area (Å²) in [4.78, 5) is 16.7. The molecular formula is C17H15ClN4O2. The lowest BCUT2D eigenvalue weighted by molar-refractivity contribution is 0.0602. The van der Waals surface area contributed by atoms with Crippen LogP contribution >= 0.6 is 11.6 Å². The summed E-state index contributed by atoms with van der Waals surface area (Å²) >= 11 is 5.93.